The smallest absolute Gasteiger partial charge is 0.254 e. The van der Waals surface area contributed by atoms with Gasteiger partial charge in [-0.2, -0.15) is 0 Å². The van der Waals surface area contributed by atoms with Crippen molar-refractivity contribution in [1.82, 2.24) is 20.5 Å². The fraction of sp³-hybridized carbons (Fsp3) is 0.414. The zero-order chi connectivity index (χ0) is 25.8. The molecule has 0 aliphatic carbocycles. The molecule has 2 aromatic carbocycles. The van der Waals surface area contributed by atoms with Crippen molar-refractivity contribution in [1.29, 1.82) is 0 Å². The van der Waals surface area contributed by atoms with E-state index in [2.05, 4.69) is 15.6 Å². The van der Waals surface area contributed by atoms with Gasteiger partial charge in [0.25, 0.3) is 11.8 Å². The molecule has 0 bridgehead atoms. The Balaban J connectivity index is 1.32. The standard InChI is InChI=1S/C29H34N4O3S/c1-19-18-37-28(31-19)25-13-7-15-33(25)29(36)22-11-5-10-21(17-22)27(35)32-24(16-20-8-3-2-4-9-20)26(34)23-12-6-14-30-23/h2-5,8-11,17-18,23-26,30,34H,6-7,12-16H2,1H3,(H,32,35)/t23-,24+,25-,26+/m1/s1. The lowest BCUT2D eigenvalue weighted by atomic mass is 9.95. The molecule has 0 saturated carbocycles. The fourth-order valence-electron chi connectivity index (χ4n) is 5.41. The third-order valence-corrected chi connectivity index (χ3v) is 8.41. The topological polar surface area (TPSA) is 94.6 Å². The van der Waals surface area contributed by atoms with Gasteiger partial charge in [0.2, 0.25) is 0 Å². The Kier molecular flexibility index (Phi) is 7.98. The first-order valence-corrected chi connectivity index (χ1v) is 14.0. The van der Waals surface area contributed by atoms with Crippen molar-refractivity contribution >= 4 is 23.2 Å². The number of hydrogen-bond donors (Lipinski definition) is 3. The maximum absolute atomic E-state index is 13.5. The molecule has 0 radical (unpaired) electrons. The third kappa shape index (κ3) is 5.92. The van der Waals surface area contributed by atoms with E-state index in [1.807, 2.05) is 47.5 Å². The van der Waals surface area contributed by atoms with Gasteiger partial charge in [0, 0.05) is 34.8 Å². The number of aryl methyl sites for hydroxylation is 1. The Bertz CT molecular complexity index is 1220. The predicted molar refractivity (Wildman–Crippen MR) is 145 cm³/mol. The highest BCUT2D eigenvalue weighted by atomic mass is 32.1. The van der Waals surface area contributed by atoms with Gasteiger partial charge in [-0.05, 0) is 69.3 Å². The number of hydrogen-bond acceptors (Lipinski definition) is 6. The van der Waals surface area contributed by atoms with E-state index in [-0.39, 0.29) is 23.9 Å². The first-order valence-electron chi connectivity index (χ1n) is 13.1. The molecule has 194 valence electrons. The van der Waals surface area contributed by atoms with Gasteiger partial charge in [-0.3, -0.25) is 9.59 Å². The van der Waals surface area contributed by atoms with E-state index in [4.69, 9.17) is 0 Å². The number of amides is 2. The van der Waals surface area contributed by atoms with Crippen LogP contribution >= 0.6 is 11.3 Å². The van der Waals surface area contributed by atoms with Gasteiger partial charge in [0.05, 0.1) is 18.2 Å². The maximum atomic E-state index is 13.5. The second-order valence-electron chi connectivity index (χ2n) is 10.0. The second kappa shape index (κ2) is 11.5. The van der Waals surface area contributed by atoms with Crippen molar-refractivity contribution in [3.05, 3.63) is 87.4 Å². The average Bonchev–Trinajstić information content (AvgIpc) is 3.70. The Morgan fingerprint density at radius 2 is 1.95 bits per heavy atom. The first kappa shape index (κ1) is 25.6. The van der Waals surface area contributed by atoms with E-state index in [0.29, 0.717) is 24.1 Å². The van der Waals surface area contributed by atoms with E-state index >= 15 is 0 Å². The summed E-state index contributed by atoms with van der Waals surface area (Å²) in [6.45, 7) is 3.52. The summed E-state index contributed by atoms with van der Waals surface area (Å²) in [5, 5.41) is 20.6. The van der Waals surface area contributed by atoms with E-state index in [1.165, 1.54) is 0 Å². The number of carbonyl (C=O) groups is 2. The summed E-state index contributed by atoms with van der Waals surface area (Å²) in [4.78, 5) is 33.3. The number of aliphatic hydroxyl groups is 1. The van der Waals surface area contributed by atoms with Crippen LogP contribution in [0.5, 0.6) is 0 Å². The van der Waals surface area contributed by atoms with Crippen LogP contribution in [0.1, 0.15) is 68.7 Å². The summed E-state index contributed by atoms with van der Waals surface area (Å²) in [5.74, 6) is -0.373. The van der Waals surface area contributed by atoms with Gasteiger partial charge in [0.1, 0.15) is 5.01 Å². The lowest BCUT2D eigenvalue weighted by Gasteiger charge is -2.29. The second-order valence-corrected chi connectivity index (χ2v) is 10.9. The summed E-state index contributed by atoms with van der Waals surface area (Å²) < 4.78 is 0. The van der Waals surface area contributed by atoms with Gasteiger partial charge >= 0.3 is 0 Å². The fourth-order valence-corrected chi connectivity index (χ4v) is 6.35. The van der Waals surface area contributed by atoms with Crippen molar-refractivity contribution < 1.29 is 14.7 Å². The van der Waals surface area contributed by atoms with Gasteiger partial charge in [-0.15, -0.1) is 11.3 Å². The van der Waals surface area contributed by atoms with Gasteiger partial charge in [-0.25, -0.2) is 4.98 Å². The van der Waals surface area contributed by atoms with Crippen LogP contribution in [-0.4, -0.2) is 58.1 Å². The monoisotopic (exact) mass is 518 g/mol. The van der Waals surface area contributed by atoms with Crippen LogP contribution in [0.3, 0.4) is 0 Å². The van der Waals surface area contributed by atoms with E-state index < -0.39 is 12.1 Å². The minimum absolute atomic E-state index is 0.0204. The molecule has 5 rings (SSSR count). The number of aliphatic hydroxyl groups excluding tert-OH is 1. The molecule has 4 atom stereocenters. The maximum Gasteiger partial charge on any atom is 0.254 e. The van der Waals surface area contributed by atoms with Crippen molar-refractivity contribution in [2.75, 3.05) is 13.1 Å². The van der Waals surface area contributed by atoms with Crippen LogP contribution in [0.4, 0.5) is 0 Å². The largest absolute Gasteiger partial charge is 0.389 e. The normalized spacial score (nSPS) is 21.1. The molecule has 3 N–H and O–H groups in total. The predicted octanol–water partition coefficient (Wildman–Crippen LogP) is 3.88. The van der Waals surface area contributed by atoms with Crippen molar-refractivity contribution in [3.8, 4) is 0 Å². The minimum atomic E-state index is -0.719. The Labute approximate surface area is 221 Å². The number of benzene rings is 2. The molecule has 37 heavy (non-hydrogen) atoms. The number of thiazole rings is 1. The lowest BCUT2D eigenvalue weighted by Crippen LogP contribution is -2.52. The van der Waals surface area contributed by atoms with Crippen LogP contribution in [0.25, 0.3) is 0 Å². The van der Waals surface area contributed by atoms with E-state index in [0.717, 1.165) is 48.5 Å². The Morgan fingerprint density at radius 3 is 2.68 bits per heavy atom. The first-order chi connectivity index (χ1) is 18.0. The highest BCUT2D eigenvalue weighted by Crippen LogP contribution is 2.34. The highest BCUT2D eigenvalue weighted by Gasteiger charge is 2.34. The summed E-state index contributed by atoms with van der Waals surface area (Å²) in [5.41, 5.74) is 2.92. The summed E-state index contributed by atoms with van der Waals surface area (Å²) >= 11 is 1.59. The molecular weight excluding hydrogens is 484 g/mol. The van der Waals surface area contributed by atoms with Crippen LogP contribution in [0.2, 0.25) is 0 Å². The average molecular weight is 519 g/mol. The molecule has 0 spiro atoms. The molecule has 2 amide bonds. The molecule has 8 heteroatoms. The van der Waals surface area contributed by atoms with E-state index in [1.54, 1.807) is 35.6 Å². The highest BCUT2D eigenvalue weighted by molar-refractivity contribution is 7.09. The quantitative estimate of drug-likeness (QED) is 0.421. The van der Waals surface area contributed by atoms with Gasteiger partial charge in [-0.1, -0.05) is 36.4 Å². The number of rotatable bonds is 8. The minimum Gasteiger partial charge on any atom is -0.389 e. The third-order valence-electron chi connectivity index (χ3n) is 7.35. The van der Waals surface area contributed by atoms with Crippen LogP contribution in [-0.2, 0) is 6.42 Å². The summed E-state index contributed by atoms with van der Waals surface area (Å²) in [6.07, 6.45) is 3.52. The molecule has 2 aliphatic heterocycles. The molecule has 2 fully saturated rings. The van der Waals surface area contributed by atoms with E-state index in [9.17, 15) is 14.7 Å². The molecule has 7 nitrogen and oxygen atoms in total. The number of likely N-dealkylation sites (tertiary alicyclic amines) is 1. The van der Waals surface area contributed by atoms with Crippen LogP contribution in [0, 0.1) is 6.92 Å². The molecule has 3 heterocycles. The zero-order valence-corrected chi connectivity index (χ0v) is 21.9. The number of nitrogens with zero attached hydrogens (tertiary/aromatic N) is 2. The molecule has 2 saturated heterocycles. The number of carbonyl (C=O) groups excluding carboxylic acids is 2. The Hall–Kier alpha value is -3.07. The van der Waals surface area contributed by atoms with Crippen molar-refractivity contribution in [2.24, 2.45) is 0 Å². The van der Waals surface area contributed by atoms with Gasteiger partial charge < -0.3 is 20.6 Å². The van der Waals surface area contributed by atoms with Crippen LogP contribution < -0.4 is 10.6 Å². The van der Waals surface area contributed by atoms with Gasteiger partial charge in [0.15, 0.2) is 0 Å². The molecule has 3 aromatic rings. The molecule has 2 aliphatic rings. The molecule has 0 unspecified atom stereocenters. The summed E-state index contributed by atoms with van der Waals surface area (Å²) in [6, 6.07) is 16.3. The lowest BCUT2D eigenvalue weighted by molar-refractivity contribution is 0.0733. The number of aromatic nitrogens is 1. The van der Waals surface area contributed by atoms with Crippen molar-refractivity contribution in [3.63, 3.8) is 0 Å². The molecular formula is C29H34N4O3S. The SMILES string of the molecule is Cc1csc([C@H]2CCCN2C(=O)c2cccc(C(=O)N[C@@H](Cc3ccccc3)[C@@H](O)[C@H]3CCCN3)c2)n1. The number of nitrogens with one attached hydrogen (secondary N) is 2. The van der Waals surface area contributed by atoms with Crippen LogP contribution in [0.15, 0.2) is 60.0 Å². The molecule has 1 aromatic heterocycles. The van der Waals surface area contributed by atoms with Crippen molar-refractivity contribution in [2.45, 2.75) is 63.3 Å². The summed E-state index contributed by atoms with van der Waals surface area (Å²) in [7, 11) is 0. The zero-order valence-electron chi connectivity index (χ0n) is 21.1. The Morgan fingerprint density at radius 1 is 1.14 bits per heavy atom.